The van der Waals surface area contributed by atoms with Gasteiger partial charge in [0.1, 0.15) is 11.6 Å². The van der Waals surface area contributed by atoms with Crippen molar-refractivity contribution in [2.45, 2.75) is 32.6 Å². The predicted molar refractivity (Wildman–Crippen MR) is 115 cm³/mol. The molecule has 4 heteroatoms. The van der Waals surface area contributed by atoms with Crippen molar-refractivity contribution in [2.24, 2.45) is 4.99 Å². The molecular formula is C24H21F2NS. The number of rotatable bonds is 7. The number of unbranched alkanes of at least 4 members (excludes halogenated alkanes) is 2. The number of benzene rings is 3. The fraction of sp³-hybridized carbons (Fsp3) is 0.208. The van der Waals surface area contributed by atoms with Crippen LogP contribution in [0, 0.1) is 11.6 Å². The molecule has 0 unspecified atom stereocenters. The Kier molecular flexibility index (Phi) is 6.80. The number of thiocarbonyl (C=S) groups is 1. The highest BCUT2D eigenvalue weighted by Gasteiger charge is 2.13. The minimum atomic E-state index is -0.673. The lowest BCUT2D eigenvalue weighted by atomic mass is 9.98. The Morgan fingerprint density at radius 2 is 1.36 bits per heavy atom. The van der Waals surface area contributed by atoms with Crippen molar-refractivity contribution in [3.05, 3.63) is 77.9 Å². The van der Waals surface area contributed by atoms with E-state index in [1.165, 1.54) is 24.8 Å². The zero-order valence-corrected chi connectivity index (χ0v) is 16.5. The molecule has 0 amide bonds. The maximum atomic E-state index is 14.4. The van der Waals surface area contributed by atoms with E-state index < -0.39 is 11.6 Å². The van der Waals surface area contributed by atoms with E-state index in [1.807, 2.05) is 12.1 Å². The van der Waals surface area contributed by atoms with Crippen molar-refractivity contribution in [1.29, 1.82) is 0 Å². The molecule has 3 rings (SSSR count). The van der Waals surface area contributed by atoms with Gasteiger partial charge in [-0.25, -0.2) is 8.78 Å². The third-order valence-corrected chi connectivity index (χ3v) is 4.82. The van der Waals surface area contributed by atoms with Gasteiger partial charge in [0, 0.05) is 12.1 Å². The quantitative estimate of drug-likeness (QED) is 0.227. The first-order valence-corrected chi connectivity index (χ1v) is 9.80. The van der Waals surface area contributed by atoms with Gasteiger partial charge in [0.15, 0.2) is 0 Å². The molecule has 0 aliphatic rings. The fourth-order valence-corrected chi connectivity index (χ4v) is 3.33. The van der Waals surface area contributed by atoms with Crippen molar-refractivity contribution in [3.63, 3.8) is 0 Å². The average Bonchev–Trinajstić information content (AvgIpc) is 2.69. The van der Waals surface area contributed by atoms with E-state index in [1.54, 1.807) is 12.1 Å². The van der Waals surface area contributed by atoms with Crippen LogP contribution < -0.4 is 0 Å². The molecule has 0 saturated heterocycles. The number of isothiocyanates is 1. The van der Waals surface area contributed by atoms with Gasteiger partial charge in [-0.2, -0.15) is 4.99 Å². The molecule has 0 saturated carbocycles. The summed E-state index contributed by atoms with van der Waals surface area (Å²) in [7, 11) is 0. The van der Waals surface area contributed by atoms with Gasteiger partial charge in [0.2, 0.25) is 0 Å². The normalized spacial score (nSPS) is 10.5. The Morgan fingerprint density at radius 1 is 0.821 bits per heavy atom. The van der Waals surface area contributed by atoms with Gasteiger partial charge in [-0.1, -0.05) is 68.3 Å². The molecule has 3 aromatic rings. The highest BCUT2D eigenvalue weighted by Crippen LogP contribution is 2.31. The molecule has 28 heavy (non-hydrogen) atoms. The van der Waals surface area contributed by atoms with Crippen molar-refractivity contribution in [3.8, 4) is 22.3 Å². The second kappa shape index (κ2) is 9.50. The molecular weight excluding hydrogens is 372 g/mol. The van der Waals surface area contributed by atoms with Crippen LogP contribution in [0.5, 0.6) is 0 Å². The van der Waals surface area contributed by atoms with Crippen molar-refractivity contribution >= 4 is 23.1 Å². The van der Waals surface area contributed by atoms with Crippen molar-refractivity contribution in [2.75, 3.05) is 0 Å². The van der Waals surface area contributed by atoms with Crippen LogP contribution in [0.1, 0.15) is 31.7 Å². The van der Waals surface area contributed by atoms with Crippen LogP contribution in [0.25, 0.3) is 22.3 Å². The molecule has 0 atom stereocenters. The Morgan fingerprint density at radius 3 is 1.89 bits per heavy atom. The van der Waals surface area contributed by atoms with E-state index in [0.29, 0.717) is 5.56 Å². The van der Waals surface area contributed by atoms with Crippen molar-refractivity contribution in [1.82, 2.24) is 0 Å². The van der Waals surface area contributed by atoms with Crippen LogP contribution >= 0.6 is 12.2 Å². The second-order valence-corrected chi connectivity index (χ2v) is 6.90. The summed E-state index contributed by atoms with van der Waals surface area (Å²) in [5, 5.41) is 2.12. The molecule has 142 valence electrons. The van der Waals surface area contributed by atoms with E-state index in [-0.39, 0.29) is 11.3 Å². The molecule has 0 aliphatic heterocycles. The molecule has 0 N–H and O–H groups in total. The number of aliphatic imine (C=N–C) groups is 1. The third-order valence-electron chi connectivity index (χ3n) is 4.73. The second-order valence-electron chi connectivity index (χ2n) is 6.72. The predicted octanol–water partition coefficient (Wildman–Crippen LogP) is 7.77. The van der Waals surface area contributed by atoms with Gasteiger partial charge >= 0.3 is 0 Å². The lowest BCUT2D eigenvalue weighted by Crippen LogP contribution is -1.90. The summed E-state index contributed by atoms with van der Waals surface area (Å²) in [6.45, 7) is 2.20. The lowest BCUT2D eigenvalue weighted by molar-refractivity contribution is 0.590. The first-order valence-electron chi connectivity index (χ1n) is 9.39. The summed E-state index contributed by atoms with van der Waals surface area (Å²) in [5.74, 6) is -1.35. The Balaban J connectivity index is 1.81. The molecule has 0 fully saturated rings. The minimum Gasteiger partial charge on any atom is -0.206 e. The summed E-state index contributed by atoms with van der Waals surface area (Å²) in [5.41, 5.74) is 3.94. The SMILES string of the molecule is CCCCCc1ccc(-c2ccc(-c3c(F)cc(N=C=S)cc3F)cc2)cc1. The Labute approximate surface area is 169 Å². The number of hydrogen-bond donors (Lipinski definition) is 0. The molecule has 0 heterocycles. The maximum Gasteiger partial charge on any atom is 0.136 e. The summed E-state index contributed by atoms with van der Waals surface area (Å²) < 4.78 is 28.7. The topological polar surface area (TPSA) is 12.4 Å². The van der Waals surface area contributed by atoms with Gasteiger partial charge in [0.05, 0.1) is 16.4 Å². The first kappa shape index (κ1) is 20.1. The Bertz CT molecular complexity index is 965. The molecule has 3 aromatic carbocycles. The molecule has 0 spiro atoms. The monoisotopic (exact) mass is 393 g/mol. The first-order chi connectivity index (χ1) is 13.6. The van der Waals surface area contributed by atoms with Gasteiger partial charge in [0.25, 0.3) is 0 Å². The summed E-state index contributed by atoms with van der Waals surface area (Å²) in [6.07, 6.45) is 4.76. The van der Waals surface area contributed by atoms with Gasteiger partial charge in [-0.3, -0.25) is 0 Å². The summed E-state index contributed by atoms with van der Waals surface area (Å²) in [6, 6.07) is 18.0. The zero-order valence-electron chi connectivity index (χ0n) is 15.7. The van der Waals surface area contributed by atoms with Crippen LogP contribution in [0.4, 0.5) is 14.5 Å². The fourth-order valence-electron chi connectivity index (χ4n) is 3.23. The highest BCUT2D eigenvalue weighted by atomic mass is 32.1. The van der Waals surface area contributed by atoms with E-state index in [2.05, 4.69) is 53.6 Å². The summed E-state index contributed by atoms with van der Waals surface area (Å²) >= 11 is 4.48. The zero-order chi connectivity index (χ0) is 19.9. The molecule has 0 bridgehead atoms. The van der Waals surface area contributed by atoms with Gasteiger partial charge in [-0.05, 0) is 47.3 Å². The minimum absolute atomic E-state index is 0.0684. The van der Waals surface area contributed by atoms with E-state index in [4.69, 9.17) is 0 Å². The smallest absolute Gasteiger partial charge is 0.136 e. The van der Waals surface area contributed by atoms with Crippen molar-refractivity contribution < 1.29 is 8.78 Å². The standard InChI is InChI=1S/C24H21F2NS/c1-2-3-4-5-17-6-8-18(9-7-17)19-10-12-20(13-11-19)24-22(25)14-21(27-16-28)15-23(24)26/h6-15H,2-5H2,1H3. The largest absolute Gasteiger partial charge is 0.206 e. The highest BCUT2D eigenvalue weighted by molar-refractivity contribution is 7.78. The van der Waals surface area contributed by atoms with Crippen LogP contribution in [0.15, 0.2) is 65.7 Å². The molecule has 0 radical (unpaired) electrons. The maximum absolute atomic E-state index is 14.4. The van der Waals surface area contributed by atoms with Crippen LogP contribution in [-0.2, 0) is 6.42 Å². The third kappa shape index (κ3) is 4.78. The van der Waals surface area contributed by atoms with Crippen LogP contribution in [0.2, 0.25) is 0 Å². The average molecular weight is 394 g/mol. The number of halogens is 2. The van der Waals surface area contributed by atoms with Crippen LogP contribution in [0.3, 0.4) is 0 Å². The van der Waals surface area contributed by atoms with Crippen LogP contribution in [-0.4, -0.2) is 5.16 Å². The van der Waals surface area contributed by atoms with E-state index in [9.17, 15) is 8.78 Å². The Hall–Kier alpha value is -2.68. The molecule has 1 nitrogen and oxygen atoms in total. The van der Waals surface area contributed by atoms with E-state index >= 15 is 0 Å². The van der Waals surface area contributed by atoms with Gasteiger partial charge in [-0.15, -0.1) is 0 Å². The molecule has 0 aromatic heterocycles. The van der Waals surface area contributed by atoms with Gasteiger partial charge < -0.3 is 0 Å². The van der Waals surface area contributed by atoms with E-state index in [0.717, 1.165) is 29.7 Å². The number of hydrogen-bond acceptors (Lipinski definition) is 2. The number of nitrogens with zero attached hydrogens (tertiary/aromatic N) is 1. The number of aryl methyl sites for hydroxylation is 1. The summed E-state index contributed by atoms with van der Waals surface area (Å²) in [4.78, 5) is 3.63. The lowest BCUT2D eigenvalue weighted by Gasteiger charge is -2.09. The molecule has 0 aliphatic carbocycles.